The molecule has 1 saturated heterocycles. The van der Waals surface area contributed by atoms with Gasteiger partial charge in [0.2, 0.25) is 0 Å². The Bertz CT molecular complexity index is 516. The summed E-state index contributed by atoms with van der Waals surface area (Å²) in [6.45, 7) is 3.03. The first kappa shape index (κ1) is 10.6. The van der Waals surface area contributed by atoms with Gasteiger partial charge >= 0.3 is 6.03 Å². The Morgan fingerprint density at radius 2 is 2.29 bits per heavy atom. The Morgan fingerprint density at radius 3 is 3.00 bits per heavy atom. The Hall–Kier alpha value is -1.58. The van der Waals surface area contributed by atoms with E-state index in [0.717, 1.165) is 30.1 Å². The van der Waals surface area contributed by atoms with Crippen LogP contribution in [0.15, 0.2) is 0 Å². The first-order valence-corrected chi connectivity index (χ1v) is 6.43. The average molecular weight is 248 g/mol. The van der Waals surface area contributed by atoms with E-state index in [0.29, 0.717) is 18.7 Å². The molecular weight excluding hydrogens is 236 g/mol. The summed E-state index contributed by atoms with van der Waals surface area (Å²) in [5.41, 5.74) is 1.83. The fourth-order valence-electron chi connectivity index (χ4n) is 2.29. The van der Waals surface area contributed by atoms with E-state index in [1.54, 1.807) is 16.2 Å². The molecule has 3 rings (SSSR count). The van der Waals surface area contributed by atoms with E-state index in [2.05, 4.69) is 16.7 Å². The van der Waals surface area contributed by atoms with Crippen LogP contribution in [0.1, 0.15) is 16.0 Å². The van der Waals surface area contributed by atoms with E-state index in [4.69, 9.17) is 0 Å². The molecule has 0 aliphatic carbocycles. The number of hydrogen-bond acceptors (Lipinski definition) is 4. The van der Waals surface area contributed by atoms with Gasteiger partial charge in [-0.05, 0) is 18.5 Å². The van der Waals surface area contributed by atoms with Gasteiger partial charge in [0.15, 0.2) is 0 Å². The summed E-state index contributed by atoms with van der Waals surface area (Å²) in [4.78, 5) is 14.5. The third-order valence-electron chi connectivity index (χ3n) is 3.12. The van der Waals surface area contributed by atoms with Crippen LogP contribution in [-0.2, 0) is 13.0 Å². The highest BCUT2D eigenvalue weighted by molar-refractivity contribution is 7.16. The van der Waals surface area contributed by atoms with Crippen LogP contribution < -0.4 is 15.5 Å². The molecule has 0 saturated carbocycles. The zero-order valence-corrected chi connectivity index (χ0v) is 10.1. The van der Waals surface area contributed by atoms with Gasteiger partial charge in [-0.25, -0.2) is 4.79 Å². The summed E-state index contributed by atoms with van der Waals surface area (Å²) in [6.07, 6.45) is 0.879. The molecule has 5 nitrogen and oxygen atoms in total. The van der Waals surface area contributed by atoms with E-state index < -0.39 is 0 Å². The molecule has 2 aliphatic rings. The minimum Gasteiger partial charge on any atom is -0.336 e. The van der Waals surface area contributed by atoms with Crippen molar-refractivity contribution in [3.63, 3.8) is 0 Å². The molecule has 6 heteroatoms. The second-order valence-electron chi connectivity index (χ2n) is 4.11. The number of nitrogens with zero attached hydrogens (tertiary/aromatic N) is 2. The fourth-order valence-corrected chi connectivity index (χ4v) is 3.58. The standard InChI is InChI=1S/C11H12N4OS/c12-5-8-7-1-2-13-6-9(7)17-10(8)15-4-3-14-11(15)16/h13H,1-4,6H2,(H,14,16). The SMILES string of the molecule is N#Cc1c(N2CCNC2=O)sc2c1CCNC2. The molecule has 2 amide bonds. The van der Waals surface area contributed by atoms with Crippen LogP contribution in [0.25, 0.3) is 0 Å². The van der Waals surface area contributed by atoms with Gasteiger partial charge in [-0.2, -0.15) is 5.26 Å². The molecule has 0 bridgehead atoms. The summed E-state index contributed by atoms with van der Waals surface area (Å²) in [5, 5.41) is 16.2. The highest BCUT2D eigenvalue weighted by Crippen LogP contribution is 2.37. The molecule has 0 unspecified atom stereocenters. The van der Waals surface area contributed by atoms with Gasteiger partial charge in [-0.15, -0.1) is 11.3 Å². The minimum atomic E-state index is -0.0898. The molecule has 1 fully saturated rings. The molecule has 2 aliphatic heterocycles. The molecule has 88 valence electrons. The molecule has 0 atom stereocenters. The van der Waals surface area contributed by atoms with Gasteiger partial charge in [0.25, 0.3) is 0 Å². The number of carbonyl (C=O) groups is 1. The van der Waals surface area contributed by atoms with Crippen LogP contribution in [0.4, 0.5) is 9.80 Å². The van der Waals surface area contributed by atoms with Crippen molar-refractivity contribution in [2.24, 2.45) is 0 Å². The van der Waals surface area contributed by atoms with E-state index in [9.17, 15) is 10.1 Å². The second kappa shape index (κ2) is 4.02. The summed E-state index contributed by atoms with van der Waals surface area (Å²) >= 11 is 1.57. The number of fused-ring (bicyclic) bond motifs is 1. The van der Waals surface area contributed by atoms with Crippen molar-refractivity contribution in [3.8, 4) is 6.07 Å². The zero-order chi connectivity index (χ0) is 11.8. The monoisotopic (exact) mass is 248 g/mol. The van der Waals surface area contributed by atoms with Crippen molar-refractivity contribution in [3.05, 3.63) is 16.0 Å². The van der Waals surface area contributed by atoms with Gasteiger partial charge in [0, 0.05) is 24.5 Å². The highest BCUT2D eigenvalue weighted by Gasteiger charge is 2.29. The van der Waals surface area contributed by atoms with Gasteiger partial charge in [-0.1, -0.05) is 0 Å². The van der Waals surface area contributed by atoms with E-state index in [1.165, 1.54) is 4.88 Å². The van der Waals surface area contributed by atoms with Crippen molar-refractivity contribution in [1.82, 2.24) is 10.6 Å². The number of thiophene rings is 1. The van der Waals surface area contributed by atoms with Crippen molar-refractivity contribution >= 4 is 22.4 Å². The van der Waals surface area contributed by atoms with Crippen molar-refractivity contribution in [2.45, 2.75) is 13.0 Å². The number of hydrogen-bond donors (Lipinski definition) is 2. The third-order valence-corrected chi connectivity index (χ3v) is 4.38. The van der Waals surface area contributed by atoms with Crippen LogP contribution in [0.3, 0.4) is 0 Å². The molecule has 1 aromatic rings. The second-order valence-corrected chi connectivity index (χ2v) is 5.19. The fraction of sp³-hybridized carbons (Fsp3) is 0.455. The number of anilines is 1. The van der Waals surface area contributed by atoms with Crippen LogP contribution in [-0.4, -0.2) is 25.7 Å². The minimum absolute atomic E-state index is 0.0898. The lowest BCUT2D eigenvalue weighted by molar-refractivity contribution is 0.252. The number of nitrogens with one attached hydrogen (secondary N) is 2. The Kier molecular flexibility index (Phi) is 2.50. The maximum Gasteiger partial charge on any atom is 0.322 e. The number of amides is 2. The zero-order valence-electron chi connectivity index (χ0n) is 9.25. The van der Waals surface area contributed by atoms with Gasteiger partial charge in [-0.3, -0.25) is 4.90 Å². The Labute approximate surface area is 103 Å². The van der Waals surface area contributed by atoms with Gasteiger partial charge in [0.05, 0.1) is 5.56 Å². The summed E-state index contributed by atoms with van der Waals surface area (Å²) in [6, 6.07) is 2.17. The number of nitriles is 1. The number of urea groups is 1. The smallest absolute Gasteiger partial charge is 0.322 e. The summed E-state index contributed by atoms with van der Waals surface area (Å²) in [5.74, 6) is 0. The molecule has 0 aromatic carbocycles. The van der Waals surface area contributed by atoms with E-state index >= 15 is 0 Å². The largest absolute Gasteiger partial charge is 0.336 e. The first-order valence-electron chi connectivity index (χ1n) is 5.62. The number of rotatable bonds is 1. The highest BCUT2D eigenvalue weighted by atomic mass is 32.1. The van der Waals surface area contributed by atoms with Crippen molar-refractivity contribution < 1.29 is 4.79 Å². The molecule has 17 heavy (non-hydrogen) atoms. The predicted molar refractivity (Wildman–Crippen MR) is 65.2 cm³/mol. The molecule has 1 aromatic heterocycles. The topological polar surface area (TPSA) is 68.2 Å². The maximum absolute atomic E-state index is 11.7. The van der Waals surface area contributed by atoms with Crippen molar-refractivity contribution in [1.29, 1.82) is 5.26 Å². The molecule has 3 heterocycles. The Morgan fingerprint density at radius 1 is 1.41 bits per heavy atom. The van der Waals surface area contributed by atoms with Gasteiger partial charge < -0.3 is 10.6 Å². The first-order chi connectivity index (χ1) is 8.31. The number of carbonyl (C=O) groups excluding carboxylic acids is 1. The molecule has 2 N–H and O–H groups in total. The van der Waals surface area contributed by atoms with E-state index in [1.807, 2.05) is 0 Å². The molecule has 0 radical (unpaired) electrons. The normalized spacial score (nSPS) is 18.8. The lowest BCUT2D eigenvalue weighted by Crippen LogP contribution is -2.27. The lowest BCUT2D eigenvalue weighted by Gasteiger charge is -2.12. The van der Waals surface area contributed by atoms with Crippen LogP contribution in [0.2, 0.25) is 0 Å². The van der Waals surface area contributed by atoms with Crippen molar-refractivity contribution in [2.75, 3.05) is 24.5 Å². The van der Waals surface area contributed by atoms with Crippen LogP contribution in [0, 0.1) is 11.3 Å². The molecule has 0 spiro atoms. The lowest BCUT2D eigenvalue weighted by atomic mass is 10.0. The molecular formula is C11H12N4OS. The quantitative estimate of drug-likeness (QED) is 0.772. The maximum atomic E-state index is 11.7. The van der Waals surface area contributed by atoms with Crippen LogP contribution >= 0.6 is 11.3 Å². The third kappa shape index (κ3) is 1.59. The summed E-state index contributed by atoms with van der Waals surface area (Å²) in [7, 11) is 0. The van der Waals surface area contributed by atoms with Crippen LogP contribution in [0.5, 0.6) is 0 Å². The summed E-state index contributed by atoms with van der Waals surface area (Å²) < 4.78 is 0. The Balaban J connectivity index is 2.07. The predicted octanol–water partition coefficient (Wildman–Crippen LogP) is 0.795. The average Bonchev–Trinajstić information content (AvgIpc) is 2.91. The van der Waals surface area contributed by atoms with E-state index in [-0.39, 0.29) is 6.03 Å². The van der Waals surface area contributed by atoms with Gasteiger partial charge in [0.1, 0.15) is 11.1 Å².